The normalized spacial score (nSPS) is 11.8. The summed E-state index contributed by atoms with van der Waals surface area (Å²) in [6, 6.07) is 13.2. The van der Waals surface area contributed by atoms with E-state index in [4.69, 9.17) is 4.74 Å². The number of hydrogen-bond acceptors (Lipinski definition) is 2. The Balaban J connectivity index is 2.03. The first-order valence-electron chi connectivity index (χ1n) is 6.04. The fourth-order valence-corrected chi connectivity index (χ4v) is 1.96. The summed E-state index contributed by atoms with van der Waals surface area (Å²) in [6.45, 7) is 1.61. The molecule has 5 heteroatoms. The summed E-state index contributed by atoms with van der Waals surface area (Å²) in [6.07, 6.45) is -0.742. The molecular weight excluding hydrogens is 325 g/mol. The molecule has 20 heavy (non-hydrogen) atoms. The minimum Gasteiger partial charge on any atom is -0.480 e. The number of anilines is 1. The monoisotopic (exact) mass is 337 g/mol. The van der Waals surface area contributed by atoms with Crippen LogP contribution in [0, 0.1) is 5.82 Å². The number of halogens is 2. The van der Waals surface area contributed by atoms with Gasteiger partial charge in [-0.1, -0.05) is 24.3 Å². The van der Waals surface area contributed by atoms with E-state index < -0.39 is 17.8 Å². The quantitative estimate of drug-likeness (QED) is 0.915. The van der Waals surface area contributed by atoms with E-state index in [2.05, 4.69) is 21.2 Å². The fraction of sp³-hybridized carbons (Fsp3) is 0.133. The lowest BCUT2D eigenvalue weighted by Gasteiger charge is -2.15. The van der Waals surface area contributed by atoms with Crippen molar-refractivity contribution in [2.24, 2.45) is 0 Å². The van der Waals surface area contributed by atoms with E-state index in [0.717, 1.165) is 4.47 Å². The maximum Gasteiger partial charge on any atom is 0.265 e. The van der Waals surface area contributed by atoms with Gasteiger partial charge in [-0.25, -0.2) is 4.39 Å². The summed E-state index contributed by atoms with van der Waals surface area (Å²) in [5, 5.41) is 2.50. The lowest BCUT2D eigenvalue weighted by molar-refractivity contribution is -0.122. The van der Waals surface area contributed by atoms with Gasteiger partial charge >= 0.3 is 0 Å². The van der Waals surface area contributed by atoms with Crippen molar-refractivity contribution < 1.29 is 13.9 Å². The Morgan fingerprint density at radius 1 is 1.20 bits per heavy atom. The number of para-hydroxylation sites is 2. The molecule has 2 rings (SSSR count). The molecule has 3 nitrogen and oxygen atoms in total. The fourth-order valence-electron chi connectivity index (χ4n) is 1.58. The van der Waals surface area contributed by atoms with Crippen LogP contribution in [0.3, 0.4) is 0 Å². The van der Waals surface area contributed by atoms with Gasteiger partial charge in [0.25, 0.3) is 5.91 Å². The van der Waals surface area contributed by atoms with Crippen LogP contribution in [0.1, 0.15) is 6.92 Å². The summed E-state index contributed by atoms with van der Waals surface area (Å²) in [5.74, 6) is -0.330. The molecule has 0 aliphatic carbocycles. The summed E-state index contributed by atoms with van der Waals surface area (Å²) in [7, 11) is 0. The van der Waals surface area contributed by atoms with Gasteiger partial charge in [-0.3, -0.25) is 4.79 Å². The number of rotatable bonds is 4. The predicted molar refractivity (Wildman–Crippen MR) is 79.3 cm³/mol. The van der Waals surface area contributed by atoms with Crippen molar-refractivity contribution in [1.29, 1.82) is 0 Å². The highest BCUT2D eigenvalue weighted by molar-refractivity contribution is 9.10. The highest BCUT2D eigenvalue weighted by atomic mass is 79.9. The number of carbonyl (C=O) groups is 1. The van der Waals surface area contributed by atoms with Crippen LogP contribution in [0.15, 0.2) is 53.0 Å². The van der Waals surface area contributed by atoms with Gasteiger partial charge in [0.2, 0.25) is 0 Å². The standard InChI is InChI=1S/C15H13BrFNO2/c1-10(20-14-9-5-2-6-11(14)16)15(19)18-13-8-4-3-7-12(13)17/h2-10H,1H3,(H,18,19). The van der Waals surface area contributed by atoms with Crippen LogP contribution in [0.2, 0.25) is 0 Å². The van der Waals surface area contributed by atoms with Crippen molar-refractivity contribution in [1.82, 2.24) is 0 Å². The first-order chi connectivity index (χ1) is 9.58. The zero-order valence-electron chi connectivity index (χ0n) is 10.8. The van der Waals surface area contributed by atoms with Crippen molar-refractivity contribution in [2.45, 2.75) is 13.0 Å². The minimum atomic E-state index is -0.742. The Hall–Kier alpha value is -1.88. The van der Waals surface area contributed by atoms with Crippen molar-refractivity contribution >= 4 is 27.5 Å². The molecule has 0 saturated heterocycles. The maximum atomic E-state index is 13.4. The third kappa shape index (κ3) is 3.57. The van der Waals surface area contributed by atoms with E-state index in [9.17, 15) is 9.18 Å². The Kier molecular flexibility index (Phi) is 4.74. The smallest absolute Gasteiger partial charge is 0.265 e. The zero-order valence-corrected chi connectivity index (χ0v) is 12.4. The SMILES string of the molecule is CC(Oc1ccccc1Br)C(=O)Nc1ccccc1F. The maximum absolute atomic E-state index is 13.4. The number of carbonyl (C=O) groups excluding carboxylic acids is 1. The first kappa shape index (κ1) is 14.5. The second kappa shape index (κ2) is 6.52. The molecule has 0 bridgehead atoms. The molecule has 2 aromatic carbocycles. The molecule has 1 atom stereocenters. The molecule has 0 aliphatic heterocycles. The summed E-state index contributed by atoms with van der Waals surface area (Å²) in [5.41, 5.74) is 0.139. The first-order valence-corrected chi connectivity index (χ1v) is 6.84. The van der Waals surface area contributed by atoms with Crippen molar-refractivity contribution in [3.8, 4) is 5.75 Å². The molecule has 0 aromatic heterocycles. The lowest BCUT2D eigenvalue weighted by atomic mass is 10.3. The molecule has 0 radical (unpaired) electrons. The average molecular weight is 338 g/mol. The van der Waals surface area contributed by atoms with Crippen LogP contribution in [0.5, 0.6) is 5.75 Å². The van der Waals surface area contributed by atoms with Crippen LogP contribution in [-0.4, -0.2) is 12.0 Å². The molecule has 0 aliphatic rings. The van der Waals surface area contributed by atoms with Gasteiger partial charge in [0.15, 0.2) is 6.10 Å². The van der Waals surface area contributed by atoms with E-state index >= 15 is 0 Å². The largest absolute Gasteiger partial charge is 0.480 e. The third-order valence-electron chi connectivity index (χ3n) is 2.64. The summed E-state index contributed by atoms with van der Waals surface area (Å²) < 4.78 is 19.7. The Labute approximate surface area is 124 Å². The average Bonchev–Trinajstić information content (AvgIpc) is 2.43. The second-order valence-corrected chi connectivity index (χ2v) is 5.01. The van der Waals surface area contributed by atoms with Crippen LogP contribution in [0.4, 0.5) is 10.1 Å². The molecule has 0 spiro atoms. The van der Waals surface area contributed by atoms with Gasteiger partial charge in [0.05, 0.1) is 10.2 Å². The molecular formula is C15H13BrFNO2. The Bertz CT molecular complexity index is 618. The van der Waals surface area contributed by atoms with Gasteiger partial charge in [-0.05, 0) is 47.1 Å². The van der Waals surface area contributed by atoms with Crippen LogP contribution >= 0.6 is 15.9 Å². The van der Waals surface area contributed by atoms with E-state index in [1.54, 1.807) is 25.1 Å². The van der Waals surface area contributed by atoms with Gasteiger partial charge in [-0.2, -0.15) is 0 Å². The highest BCUT2D eigenvalue weighted by Crippen LogP contribution is 2.25. The topological polar surface area (TPSA) is 38.3 Å². The number of amides is 1. The van der Waals surface area contributed by atoms with Crippen molar-refractivity contribution in [3.63, 3.8) is 0 Å². The Morgan fingerprint density at radius 2 is 1.85 bits per heavy atom. The lowest BCUT2D eigenvalue weighted by Crippen LogP contribution is -2.30. The molecule has 0 fully saturated rings. The van der Waals surface area contributed by atoms with Crippen molar-refractivity contribution in [2.75, 3.05) is 5.32 Å². The summed E-state index contributed by atoms with van der Waals surface area (Å²) in [4.78, 5) is 12.0. The zero-order chi connectivity index (χ0) is 14.5. The second-order valence-electron chi connectivity index (χ2n) is 4.16. The Morgan fingerprint density at radius 3 is 2.55 bits per heavy atom. The predicted octanol–water partition coefficient (Wildman–Crippen LogP) is 3.99. The molecule has 104 valence electrons. The van der Waals surface area contributed by atoms with Gasteiger partial charge in [0.1, 0.15) is 11.6 Å². The minimum absolute atomic E-state index is 0.139. The third-order valence-corrected chi connectivity index (χ3v) is 3.30. The van der Waals surface area contributed by atoms with Gasteiger partial charge in [-0.15, -0.1) is 0 Å². The van der Waals surface area contributed by atoms with Crippen LogP contribution < -0.4 is 10.1 Å². The van der Waals surface area contributed by atoms with Gasteiger partial charge in [0, 0.05) is 0 Å². The number of hydrogen-bond donors (Lipinski definition) is 1. The van der Waals surface area contributed by atoms with E-state index in [1.807, 2.05) is 18.2 Å². The van der Waals surface area contributed by atoms with Crippen LogP contribution in [-0.2, 0) is 4.79 Å². The molecule has 2 aromatic rings. The number of benzene rings is 2. The summed E-state index contributed by atoms with van der Waals surface area (Å²) >= 11 is 3.34. The van der Waals surface area contributed by atoms with E-state index in [-0.39, 0.29) is 5.69 Å². The molecule has 1 N–H and O–H groups in total. The van der Waals surface area contributed by atoms with E-state index in [1.165, 1.54) is 12.1 Å². The number of nitrogens with one attached hydrogen (secondary N) is 1. The van der Waals surface area contributed by atoms with E-state index in [0.29, 0.717) is 5.75 Å². The molecule has 1 amide bonds. The van der Waals surface area contributed by atoms with Crippen LogP contribution in [0.25, 0.3) is 0 Å². The number of ether oxygens (including phenoxy) is 1. The highest BCUT2D eigenvalue weighted by Gasteiger charge is 2.17. The molecule has 1 unspecified atom stereocenters. The molecule has 0 saturated carbocycles. The van der Waals surface area contributed by atoms with Crippen molar-refractivity contribution in [3.05, 3.63) is 58.8 Å². The molecule has 0 heterocycles. The van der Waals surface area contributed by atoms with Gasteiger partial charge < -0.3 is 10.1 Å².